The Bertz CT molecular complexity index is 688. The lowest BCUT2D eigenvalue weighted by atomic mass is 10.2. The highest BCUT2D eigenvalue weighted by Gasteiger charge is 2.18. The summed E-state index contributed by atoms with van der Waals surface area (Å²) in [5, 5.41) is 3.42. The van der Waals surface area contributed by atoms with E-state index in [9.17, 15) is 4.79 Å². The minimum Gasteiger partial charge on any atom is -0.321 e. The second kappa shape index (κ2) is 6.35. The largest absolute Gasteiger partial charge is 0.321 e. The SMILES string of the molecule is Cc1ccc(NC(=O)c2c(Cl)ccc(Cl)c2Cl)c(Br)c1. The molecule has 104 valence electrons. The van der Waals surface area contributed by atoms with Crippen molar-refractivity contribution in [2.75, 3.05) is 5.32 Å². The molecule has 0 saturated carbocycles. The molecule has 2 aromatic rings. The van der Waals surface area contributed by atoms with Crippen molar-refractivity contribution < 1.29 is 4.79 Å². The molecule has 0 heterocycles. The van der Waals surface area contributed by atoms with Crippen molar-refractivity contribution in [2.24, 2.45) is 0 Å². The molecule has 0 saturated heterocycles. The summed E-state index contributed by atoms with van der Waals surface area (Å²) >= 11 is 21.3. The number of rotatable bonds is 2. The van der Waals surface area contributed by atoms with Crippen molar-refractivity contribution in [3.8, 4) is 0 Å². The third-order valence-electron chi connectivity index (χ3n) is 2.64. The van der Waals surface area contributed by atoms with Gasteiger partial charge in [0.1, 0.15) is 0 Å². The molecule has 0 unspecified atom stereocenters. The quantitative estimate of drug-likeness (QED) is 0.626. The maximum atomic E-state index is 12.3. The Hall–Kier alpha value is -0.740. The van der Waals surface area contributed by atoms with Crippen molar-refractivity contribution in [1.29, 1.82) is 0 Å². The minimum atomic E-state index is -0.410. The summed E-state index contributed by atoms with van der Waals surface area (Å²) in [6, 6.07) is 8.67. The monoisotopic (exact) mass is 391 g/mol. The minimum absolute atomic E-state index is 0.139. The van der Waals surface area contributed by atoms with Gasteiger partial charge in [0.25, 0.3) is 5.91 Å². The molecule has 0 atom stereocenters. The zero-order valence-electron chi connectivity index (χ0n) is 10.3. The first-order valence-corrected chi connectivity index (χ1v) is 7.54. The van der Waals surface area contributed by atoms with E-state index >= 15 is 0 Å². The third kappa shape index (κ3) is 3.29. The molecule has 0 bridgehead atoms. The lowest BCUT2D eigenvalue weighted by Gasteiger charge is -2.11. The van der Waals surface area contributed by atoms with Crippen LogP contribution in [-0.4, -0.2) is 5.91 Å². The van der Waals surface area contributed by atoms with Gasteiger partial charge in [-0.15, -0.1) is 0 Å². The summed E-state index contributed by atoms with van der Waals surface area (Å²) in [6.07, 6.45) is 0. The fourth-order valence-corrected chi connectivity index (χ4v) is 2.93. The molecule has 0 fully saturated rings. The van der Waals surface area contributed by atoms with Crippen LogP contribution in [0, 0.1) is 6.92 Å². The predicted molar refractivity (Wildman–Crippen MR) is 88.3 cm³/mol. The Labute approximate surface area is 140 Å². The molecular weight excluding hydrogens is 384 g/mol. The number of anilines is 1. The van der Waals surface area contributed by atoms with Gasteiger partial charge in [0.05, 0.1) is 26.3 Å². The Morgan fingerprint density at radius 2 is 1.75 bits per heavy atom. The first-order valence-electron chi connectivity index (χ1n) is 5.61. The van der Waals surface area contributed by atoms with Gasteiger partial charge in [-0.3, -0.25) is 4.79 Å². The molecule has 0 radical (unpaired) electrons. The van der Waals surface area contributed by atoms with E-state index in [1.807, 2.05) is 19.1 Å². The molecule has 0 spiro atoms. The third-order valence-corrected chi connectivity index (χ3v) is 4.42. The molecule has 0 aromatic heterocycles. The molecule has 2 aromatic carbocycles. The second-order valence-electron chi connectivity index (χ2n) is 4.16. The van der Waals surface area contributed by atoms with Crippen LogP contribution in [0.5, 0.6) is 0 Å². The molecule has 1 amide bonds. The van der Waals surface area contributed by atoms with Gasteiger partial charge >= 0.3 is 0 Å². The van der Waals surface area contributed by atoms with Crippen LogP contribution < -0.4 is 5.32 Å². The molecule has 0 aliphatic heterocycles. The van der Waals surface area contributed by atoms with E-state index in [2.05, 4.69) is 21.2 Å². The molecule has 20 heavy (non-hydrogen) atoms. The van der Waals surface area contributed by atoms with Gasteiger partial charge in [-0.25, -0.2) is 0 Å². The second-order valence-corrected chi connectivity index (χ2v) is 6.20. The molecule has 0 aliphatic carbocycles. The zero-order chi connectivity index (χ0) is 14.9. The lowest BCUT2D eigenvalue weighted by molar-refractivity contribution is 0.102. The summed E-state index contributed by atoms with van der Waals surface area (Å²) in [6.45, 7) is 1.96. The highest BCUT2D eigenvalue weighted by atomic mass is 79.9. The van der Waals surface area contributed by atoms with Gasteiger partial charge in [0.2, 0.25) is 0 Å². The van der Waals surface area contributed by atoms with Gasteiger partial charge < -0.3 is 5.32 Å². The maximum absolute atomic E-state index is 12.3. The first-order chi connectivity index (χ1) is 9.40. The van der Waals surface area contributed by atoms with E-state index in [4.69, 9.17) is 34.8 Å². The Kier molecular flexibility index (Phi) is 4.97. The normalized spacial score (nSPS) is 10.4. The summed E-state index contributed by atoms with van der Waals surface area (Å²) in [7, 11) is 0. The Morgan fingerprint density at radius 3 is 2.40 bits per heavy atom. The Balaban J connectivity index is 2.36. The number of amides is 1. The number of aryl methyl sites for hydroxylation is 1. The number of halogens is 4. The van der Waals surface area contributed by atoms with Crippen LogP contribution in [0.15, 0.2) is 34.8 Å². The summed E-state index contributed by atoms with van der Waals surface area (Å²) in [5.41, 5.74) is 1.87. The first kappa shape index (κ1) is 15.6. The van der Waals surface area contributed by atoms with Crippen molar-refractivity contribution >= 4 is 62.3 Å². The topological polar surface area (TPSA) is 29.1 Å². The number of benzene rings is 2. The van der Waals surface area contributed by atoms with Crippen LogP contribution in [0.3, 0.4) is 0 Å². The molecular formula is C14H9BrCl3NO. The summed E-state index contributed by atoms with van der Waals surface area (Å²) in [5.74, 6) is -0.410. The van der Waals surface area contributed by atoms with Gasteiger partial charge in [0.15, 0.2) is 0 Å². The van der Waals surface area contributed by atoms with Crippen molar-refractivity contribution in [1.82, 2.24) is 0 Å². The number of nitrogens with one attached hydrogen (secondary N) is 1. The van der Waals surface area contributed by atoms with Gasteiger partial charge in [-0.05, 0) is 52.7 Å². The molecule has 2 rings (SSSR count). The number of carbonyl (C=O) groups is 1. The van der Waals surface area contributed by atoms with Crippen molar-refractivity contribution in [3.05, 3.63) is 61.0 Å². The van der Waals surface area contributed by atoms with E-state index in [0.29, 0.717) is 5.69 Å². The summed E-state index contributed by atoms with van der Waals surface area (Å²) in [4.78, 5) is 12.3. The molecule has 1 N–H and O–H groups in total. The average molecular weight is 393 g/mol. The smallest absolute Gasteiger partial charge is 0.258 e. The van der Waals surface area contributed by atoms with Crippen LogP contribution in [0.2, 0.25) is 15.1 Å². The highest BCUT2D eigenvalue weighted by molar-refractivity contribution is 9.10. The fourth-order valence-electron chi connectivity index (χ4n) is 1.64. The predicted octanol–water partition coefficient (Wildman–Crippen LogP) is 5.97. The highest BCUT2D eigenvalue weighted by Crippen LogP contribution is 2.32. The van der Waals surface area contributed by atoms with Crippen LogP contribution in [-0.2, 0) is 0 Å². The van der Waals surface area contributed by atoms with Crippen LogP contribution in [0.1, 0.15) is 15.9 Å². The van der Waals surface area contributed by atoms with Crippen molar-refractivity contribution in [3.63, 3.8) is 0 Å². The number of hydrogen-bond acceptors (Lipinski definition) is 1. The Morgan fingerprint density at radius 1 is 1.10 bits per heavy atom. The summed E-state index contributed by atoms with van der Waals surface area (Å²) < 4.78 is 0.778. The number of carbonyl (C=O) groups excluding carboxylic acids is 1. The van der Waals surface area contributed by atoms with Gasteiger partial charge in [-0.1, -0.05) is 40.9 Å². The average Bonchev–Trinajstić information content (AvgIpc) is 2.38. The van der Waals surface area contributed by atoms with E-state index in [-0.39, 0.29) is 20.6 Å². The number of hydrogen-bond donors (Lipinski definition) is 1. The van der Waals surface area contributed by atoms with Gasteiger partial charge in [-0.2, -0.15) is 0 Å². The van der Waals surface area contributed by atoms with Crippen LogP contribution in [0.25, 0.3) is 0 Å². The van der Waals surface area contributed by atoms with E-state index in [0.717, 1.165) is 10.0 Å². The molecule has 2 nitrogen and oxygen atoms in total. The standard InChI is InChI=1S/C14H9BrCl3NO/c1-7-2-5-11(8(15)6-7)19-14(20)12-9(16)3-4-10(17)13(12)18/h2-6H,1H3,(H,19,20). The van der Waals surface area contributed by atoms with E-state index < -0.39 is 5.91 Å². The van der Waals surface area contributed by atoms with Crippen LogP contribution >= 0.6 is 50.7 Å². The van der Waals surface area contributed by atoms with Crippen molar-refractivity contribution in [2.45, 2.75) is 6.92 Å². The molecule has 6 heteroatoms. The van der Waals surface area contributed by atoms with E-state index in [1.165, 1.54) is 6.07 Å². The van der Waals surface area contributed by atoms with E-state index in [1.54, 1.807) is 12.1 Å². The molecule has 0 aliphatic rings. The zero-order valence-corrected chi connectivity index (χ0v) is 14.2. The fraction of sp³-hybridized carbons (Fsp3) is 0.0714. The van der Waals surface area contributed by atoms with Crippen LogP contribution in [0.4, 0.5) is 5.69 Å². The van der Waals surface area contributed by atoms with Gasteiger partial charge in [0, 0.05) is 4.47 Å². The lowest BCUT2D eigenvalue weighted by Crippen LogP contribution is -2.13. The maximum Gasteiger partial charge on any atom is 0.258 e.